The molecule has 21 heavy (non-hydrogen) atoms. The maximum absolute atomic E-state index is 6.04. The molecule has 0 aliphatic carbocycles. The molecule has 114 valence electrons. The number of aryl methyl sites for hydroxylation is 1. The molecule has 1 unspecified atom stereocenters. The van der Waals surface area contributed by atoms with E-state index in [2.05, 4.69) is 37.4 Å². The molecular weight excluding hydrogens is 318 g/mol. The lowest BCUT2D eigenvalue weighted by Crippen LogP contribution is -2.32. The first kappa shape index (κ1) is 16.9. The average molecular weight is 340 g/mol. The van der Waals surface area contributed by atoms with E-state index in [9.17, 15) is 0 Å². The zero-order valence-corrected chi connectivity index (χ0v) is 15.0. The van der Waals surface area contributed by atoms with Gasteiger partial charge in [0, 0.05) is 31.5 Å². The molecule has 0 aliphatic heterocycles. The molecule has 2 rings (SSSR count). The predicted octanol–water partition coefficient (Wildman–Crippen LogP) is 5.28. The Hall–Kier alpha value is -0.480. The van der Waals surface area contributed by atoms with Crippen LogP contribution in [0.1, 0.15) is 23.6 Å². The van der Waals surface area contributed by atoms with E-state index in [0.29, 0.717) is 6.04 Å². The van der Waals surface area contributed by atoms with Gasteiger partial charge in [-0.05, 0) is 49.7 Å². The maximum Gasteiger partial charge on any atom is 0.0417 e. The van der Waals surface area contributed by atoms with Crippen molar-refractivity contribution in [2.24, 2.45) is 0 Å². The Kier molecular flexibility index (Phi) is 7.11. The van der Waals surface area contributed by atoms with Gasteiger partial charge in [0.25, 0.3) is 0 Å². The van der Waals surface area contributed by atoms with Gasteiger partial charge in [0.1, 0.15) is 0 Å². The van der Waals surface area contributed by atoms with Gasteiger partial charge >= 0.3 is 0 Å². The minimum Gasteiger partial charge on any atom is -0.313 e. The van der Waals surface area contributed by atoms with Gasteiger partial charge < -0.3 is 5.32 Å². The monoisotopic (exact) mass is 339 g/mol. The fourth-order valence-electron chi connectivity index (χ4n) is 2.20. The molecule has 1 aromatic heterocycles. The van der Waals surface area contributed by atoms with E-state index in [1.807, 2.05) is 41.3 Å². The molecule has 2 aromatic rings. The third-order valence-corrected chi connectivity index (χ3v) is 5.90. The summed E-state index contributed by atoms with van der Waals surface area (Å²) in [5.74, 6) is 1.06. The van der Waals surface area contributed by atoms with Crippen molar-refractivity contribution >= 4 is 34.7 Å². The lowest BCUT2D eigenvalue weighted by molar-refractivity contribution is 0.576. The number of halogens is 1. The van der Waals surface area contributed by atoms with Gasteiger partial charge in [-0.2, -0.15) is 0 Å². The molecule has 1 atom stereocenters. The standard InChI is InChI=1S/C17H22ClNS2/c1-3-15-8-9-17(21-15)11-14(19-4-2)12-20-16-7-5-6-13(18)10-16/h5-10,14,19H,3-4,11-12H2,1-2H3. The molecule has 0 fully saturated rings. The normalized spacial score (nSPS) is 12.5. The van der Waals surface area contributed by atoms with Crippen LogP contribution in [-0.2, 0) is 12.8 Å². The van der Waals surface area contributed by atoms with Crippen LogP contribution in [0.4, 0.5) is 0 Å². The van der Waals surface area contributed by atoms with Crippen molar-refractivity contribution in [1.82, 2.24) is 5.32 Å². The van der Waals surface area contributed by atoms with E-state index in [0.717, 1.165) is 30.2 Å². The van der Waals surface area contributed by atoms with Gasteiger partial charge in [0.15, 0.2) is 0 Å². The molecule has 1 aromatic carbocycles. The van der Waals surface area contributed by atoms with Crippen molar-refractivity contribution in [2.75, 3.05) is 12.3 Å². The first-order chi connectivity index (χ1) is 10.2. The minimum atomic E-state index is 0.502. The molecular formula is C17H22ClNS2. The molecule has 4 heteroatoms. The number of rotatable bonds is 8. The van der Waals surface area contributed by atoms with Crippen molar-refractivity contribution in [3.8, 4) is 0 Å². The molecule has 0 saturated heterocycles. The largest absolute Gasteiger partial charge is 0.313 e. The first-order valence-corrected chi connectivity index (χ1v) is 9.58. The van der Waals surface area contributed by atoms with E-state index in [-0.39, 0.29) is 0 Å². The summed E-state index contributed by atoms with van der Waals surface area (Å²) in [5.41, 5.74) is 0. The van der Waals surface area contributed by atoms with Crippen LogP contribution in [0, 0.1) is 0 Å². The molecule has 0 spiro atoms. The lowest BCUT2D eigenvalue weighted by atomic mass is 10.2. The Bertz CT molecular complexity index is 553. The van der Waals surface area contributed by atoms with Crippen LogP contribution in [0.2, 0.25) is 5.02 Å². The summed E-state index contributed by atoms with van der Waals surface area (Å²) in [6, 6.07) is 13.1. The Labute approximate surface area is 141 Å². The van der Waals surface area contributed by atoms with Crippen molar-refractivity contribution in [3.05, 3.63) is 51.2 Å². The quantitative estimate of drug-likeness (QED) is 0.657. The molecule has 0 amide bonds. The van der Waals surface area contributed by atoms with E-state index >= 15 is 0 Å². The Balaban J connectivity index is 1.92. The number of hydrogen-bond acceptors (Lipinski definition) is 3. The summed E-state index contributed by atoms with van der Waals surface area (Å²) in [6.07, 6.45) is 2.24. The van der Waals surface area contributed by atoms with Crippen molar-refractivity contribution in [2.45, 2.75) is 37.6 Å². The van der Waals surface area contributed by atoms with Gasteiger partial charge in [-0.1, -0.05) is 31.5 Å². The fraction of sp³-hybridized carbons (Fsp3) is 0.412. The Morgan fingerprint density at radius 3 is 2.67 bits per heavy atom. The number of likely N-dealkylation sites (N-methyl/N-ethyl adjacent to an activating group) is 1. The van der Waals surface area contributed by atoms with Crippen LogP contribution in [0.5, 0.6) is 0 Å². The Morgan fingerprint density at radius 1 is 1.19 bits per heavy atom. The number of benzene rings is 1. The zero-order valence-electron chi connectivity index (χ0n) is 12.6. The van der Waals surface area contributed by atoms with E-state index in [1.165, 1.54) is 14.6 Å². The van der Waals surface area contributed by atoms with Gasteiger partial charge in [0.2, 0.25) is 0 Å². The number of thiophene rings is 1. The molecule has 1 heterocycles. The van der Waals surface area contributed by atoms with Crippen LogP contribution in [0.15, 0.2) is 41.3 Å². The van der Waals surface area contributed by atoms with Crippen LogP contribution >= 0.6 is 34.7 Å². The second-order valence-electron chi connectivity index (χ2n) is 4.95. The van der Waals surface area contributed by atoms with Crippen LogP contribution in [-0.4, -0.2) is 18.3 Å². The molecule has 0 radical (unpaired) electrons. The number of thioether (sulfide) groups is 1. The summed E-state index contributed by atoms with van der Waals surface area (Å²) in [6.45, 7) is 5.39. The van der Waals surface area contributed by atoms with Crippen molar-refractivity contribution in [3.63, 3.8) is 0 Å². The second-order valence-corrected chi connectivity index (χ2v) is 7.73. The Morgan fingerprint density at radius 2 is 2.00 bits per heavy atom. The fourth-order valence-corrected chi connectivity index (χ4v) is 4.50. The highest BCUT2D eigenvalue weighted by atomic mass is 35.5. The zero-order chi connectivity index (χ0) is 15.1. The van der Waals surface area contributed by atoms with Gasteiger partial charge in [-0.3, -0.25) is 0 Å². The summed E-state index contributed by atoms with van der Waals surface area (Å²) in [7, 11) is 0. The molecule has 0 saturated carbocycles. The summed E-state index contributed by atoms with van der Waals surface area (Å²) >= 11 is 9.86. The maximum atomic E-state index is 6.04. The summed E-state index contributed by atoms with van der Waals surface area (Å²) < 4.78 is 0. The van der Waals surface area contributed by atoms with E-state index in [4.69, 9.17) is 11.6 Å². The smallest absolute Gasteiger partial charge is 0.0417 e. The second kappa shape index (κ2) is 8.84. The van der Waals surface area contributed by atoms with Gasteiger partial charge in [-0.25, -0.2) is 0 Å². The number of nitrogens with one attached hydrogen (secondary N) is 1. The highest BCUT2D eigenvalue weighted by Crippen LogP contribution is 2.24. The lowest BCUT2D eigenvalue weighted by Gasteiger charge is -2.16. The molecule has 1 nitrogen and oxygen atoms in total. The van der Waals surface area contributed by atoms with E-state index < -0.39 is 0 Å². The first-order valence-electron chi connectivity index (χ1n) is 7.40. The van der Waals surface area contributed by atoms with Crippen LogP contribution in [0.25, 0.3) is 0 Å². The third kappa shape index (κ3) is 5.67. The SMILES string of the molecule is CCNC(CSc1cccc(Cl)c1)Cc1ccc(CC)s1. The van der Waals surface area contributed by atoms with Gasteiger partial charge in [0.05, 0.1) is 0 Å². The minimum absolute atomic E-state index is 0.502. The van der Waals surface area contributed by atoms with Crippen LogP contribution in [0.3, 0.4) is 0 Å². The number of hydrogen-bond donors (Lipinski definition) is 1. The highest BCUT2D eigenvalue weighted by molar-refractivity contribution is 7.99. The summed E-state index contributed by atoms with van der Waals surface area (Å²) in [4.78, 5) is 4.19. The van der Waals surface area contributed by atoms with Crippen molar-refractivity contribution < 1.29 is 0 Å². The average Bonchev–Trinajstić information content (AvgIpc) is 2.93. The summed E-state index contributed by atoms with van der Waals surface area (Å²) in [5, 5.41) is 4.41. The van der Waals surface area contributed by atoms with Crippen molar-refractivity contribution in [1.29, 1.82) is 0 Å². The predicted molar refractivity (Wildman–Crippen MR) is 97.0 cm³/mol. The molecule has 0 aliphatic rings. The van der Waals surface area contributed by atoms with Crippen LogP contribution < -0.4 is 5.32 Å². The highest BCUT2D eigenvalue weighted by Gasteiger charge is 2.11. The molecule has 1 N–H and O–H groups in total. The van der Waals surface area contributed by atoms with Gasteiger partial charge in [-0.15, -0.1) is 23.1 Å². The topological polar surface area (TPSA) is 12.0 Å². The molecule has 0 bridgehead atoms. The third-order valence-electron chi connectivity index (χ3n) is 3.25. The van der Waals surface area contributed by atoms with E-state index in [1.54, 1.807) is 0 Å².